The average Bonchev–Trinajstić information content (AvgIpc) is 2.80. The van der Waals surface area contributed by atoms with Gasteiger partial charge < -0.3 is 14.8 Å². The number of benzene rings is 2. The van der Waals surface area contributed by atoms with E-state index in [0.717, 1.165) is 50.9 Å². The lowest BCUT2D eigenvalue weighted by molar-refractivity contribution is 0.0502. The molecule has 0 spiro atoms. The number of hydrogen-bond acceptors (Lipinski definition) is 4. The van der Waals surface area contributed by atoms with Crippen molar-refractivity contribution >= 4 is 0 Å². The highest BCUT2D eigenvalue weighted by atomic mass is 16.5. The molecular weight excluding hydrogens is 372 g/mol. The van der Waals surface area contributed by atoms with E-state index in [-0.39, 0.29) is 0 Å². The molecule has 2 aliphatic rings. The Morgan fingerprint density at radius 3 is 2.43 bits per heavy atom. The predicted molar refractivity (Wildman–Crippen MR) is 122 cm³/mol. The number of ether oxygens (including phenoxy) is 2. The van der Waals surface area contributed by atoms with Crippen LogP contribution in [0.15, 0.2) is 42.5 Å². The standard InChI is InChI=1S/C26H36N2O2/c1-27-25-8-7-23-15-22(3-6-24(23)16-25)19-28(18-21-11-13-30-14-12-21)17-20-4-9-26(29-2)10-5-20/h3-6,9-10,15,21,25,27H,7-8,11-14,16-19H2,1-2H3. The van der Waals surface area contributed by atoms with E-state index >= 15 is 0 Å². The Hall–Kier alpha value is -1.88. The first-order valence-electron chi connectivity index (χ1n) is 11.4. The minimum Gasteiger partial charge on any atom is -0.497 e. The van der Waals surface area contributed by atoms with Gasteiger partial charge in [-0.25, -0.2) is 0 Å². The Balaban J connectivity index is 1.47. The van der Waals surface area contributed by atoms with Crippen LogP contribution in [0, 0.1) is 5.92 Å². The zero-order valence-corrected chi connectivity index (χ0v) is 18.5. The van der Waals surface area contributed by atoms with Crippen molar-refractivity contribution in [1.82, 2.24) is 10.2 Å². The number of methoxy groups -OCH3 is 1. The number of likely N-dealkylation sites (N-methyl/N-ethyl adjacent to an activating group) is 1. The zero-order valence-electron chi connectivity index (χ0n) is 18.5. The number of nitrogens with zero attached hydrogens (tertiary/aromatic N) is 1. The molecule has 0 aromatic heterocycles. The van der Waals surface area contributed by atoms with Gasteiger partial charge in [-0.05, 0) is 79.5 Å². The van der Waals surface area contributed by atoms with Gasteiger partial charge in [-0.2, -0.15) is 0 Å². The summed E-state index contributed by atoms with van der Waals surface area (Å²) in [6.45, 7) is 4.93. The third kappa shape index (κ3) is 5.63. The summed E-state index contributed by atoms with van der Waals surface area (Å²) in [5, 5.41) is 3.45. The number of aryl methyl sites for hydroxylation is 1. The van der Waals surface area contributed by atoms with Crippen LogP contribution in [0.25, 0.3) is 0 Å². The van der Waals surface area contributed by atoms with Gasteiger partial charge in [0.05, 0.1) is 7.11 Å². The summed E-state index contributed by atoms with van der Waals surface area (Å²) in [7, 11) is 3.80. The second-order valence-corrected chi connectivity index (χ2v) is 8.90. The van der Waals surface area contributed by atoms with E-state index in [0.29, 0.717) is 6.04 Å². The second-order valence-electron chi connectivity index (χ2n) is 8.90. The summed E-state index contributed by atoms with van der Waals surface area (Å²) in [5.41, 5.74) is 5.86. The summed E-state index contributed by atoms with van der Waals surface area (Å²) in [4.78, 5) is 2.62. The highest BCUT2D eigenvalue weighted by molar-refractivity contribution is 5.35. The van der Waals surface area contributed by atoms with Gasteiger partial charge >= 0.3 is 0 Å². The van der Waals surface area contributed by atoms with Crippen LogP contribution < -0.4 is 10.1 Å². The van der Waals surface area contributed by atoms with Crippen molar-refractivity contribution in [1.29, 1.82) is 0 Å². The summed E-state index contributed by atoms with van der Waals surface area (Å²) in [6, 6.07) is 16.3. The molecule has 1 aliphatic heterocycles. The van der Waals surface area contributed by atoms with E-state index in [9.17, 15) is 0 Å². The highest BCUT2D eigenvalue weighted by Gasteiger charge is 2.20. The maximum atomic E-state index is 5.59. The Morgan fingerprint density at radius 1 is 0.967 bits per heavy atom. The normalized spacial score (nSPS) is 19.6. The van der Waals surface area contributed by atoms with Gasteiger partial charge in [-0.1, -0.05) is 30.3 Å². The maximum Gasteiger partial charge on any atom is 0.118 e. The Kier molecular flexibility index (Phi) is 7.42. The fraction of sp³-hybridized carbons (Fsp3) is 0.538. The molecule has 1 atom stereocenters. The van der Waals surface area contributed by atoms with Crippen molar-refractivity contribution in [3.63, 3.8) is 0 Å². The molecule has 1 unspecified atom stereocenters. The summed E-state index contributed by atoms with van der Waals surface area (Å²) >= 11 is 0. The van der Waals surface area contributed by atoms with Crippen LogP contribution in [-0.4, -0.2) is 44.9 Å². The third-order valence-corrected chi connectivity index (χ3v) is 6.74. The Bertz CT molecular complexity index is 799. The first-order valence-corrected chi connectivity index (χ1v) is 11.4. The molecule has 0 radical (unpaired) electrons. The van der Waals surface area contributed by atoms with Gasteiger partial charge in [0.25, 0.3) is 0 Å². The van der Waals surface area contributed by atoms with Crippen LogP contribution in [0.2, 0.25) is 0 Å². The zero-order chi connectivity index (χ0) is 20.8. The Morgan fingerprint density at radius 2 is 1.70 bits per heavy atom. The minimum absolute atomic E-state index is 0.628. The van der Waals surface area contributed by atoms with Crippen LogP contribution in [0.5, 0.6) is 5.75 Å². The number of fused-ring (bicyclic) bond motifs is 1. The van der Waals surface area contributed by atoms with Gasteiger partial charge in [0.1, 0.15) is 5.75 Å². The first kappa shape index (κ1) is 21.4. The third-order valence-electron chi connectivity index (χ3n) is 6.74. The molecule has 1 fully saturated rings. The minimum atomic E-state index is 0.628. The summed E-state index contributed by atoms with van der Waals surface area (Å²) in [5.74, 6) is 1.65. The molecular formula is C26H36N2O2. The summed E-state index contributed by atoms with van der Waals surface area (Å²) in [6.07, 6.45) is 5.94. The van der Waals surface area contributed by atoms with Gasteiger partial charge in [0.2, 0.25) is 0 Å². The summed E-state index contributed by atoms with van der Waals surface area (Å²) < 4.78 is 10.9. The predicted octanol–water partition coefficient (Wildman–Crippen LogP) is 4.20. The van der Waals surface area contributed by atoms with E-state index in [1.165, 1.54) is 42.4 Å². The van der Waals surface area contributed by atoms with Gasteiger partial charge in [-0.3, -0.25) is 4.90 Å². The molecule has 1 aliphatic carbocycles. The molecule has 4 rings (SSSR count). The van der Waals surface area contributed by atoms with Crippen LogP contribution in [0.4, 0.5) is 0 Å². The van der Waals surface area contributed by atoms with Gasteiger partial charge in [0.15, 0.2) is 0 Å². The van der Waals surface area contributed by atoms with E-state index in [2.05, 4.69) is 59.7 Å². The fourth-order valence-corrected chi connectivity index (χ4v) is 4.88. The lowest BCUT2D eigenvalue weighted by atomic mass is 9.87. The van der Waals surface area contributed by atoms with Crippen LogP contribution in [0.1, 0.15) is 41.5 Å². The molecule has 0 bridgehead atoms. The fourth-order valence-electron chi connectivity index (χ4n) is 4.88. The Labute approximate surface area is 181 Å². The lowest BCUT2D eigenvalue weighted by Gasteiger charge is -2.30. The molecule has 1 saturated heterocycles. The molecule has 1 N–H and O–H groups in total. The largest absolute Gasteiger partial charge is 0.497 e. The van der Waals surface area contributed by atoms with Gasteiger partial charge in [0, 0.05) is 38.9 Å². The van der Waals surface area contributed by atoms with E-state index in [1.807, 2.05) is 0 Å². The van der Waals surface area contributed by atoms with Crippen LogP contribution in [0.3, 0.4) is 0 Å². The van der Waals surface area contributed by atoms with Crippen molar-refractivity contribution in [3.8, 4) is 5.75 Å². The molecule has 30 heavy (non-hydrogen) atoms. The number of nitrogens with one attached hydrogen (secondary N) is 1. The van der Waals surface area contributed by atoms with Gasteiger partial charge in [-0.15, -0.1) is 0 Å². The van der Waals surface area contributed by atoms with Crippen molar-refractivity contribution in [2.24, 2.45) is 5.92 Å². The molecule has 0 amide bonds. The quantitative estimate of drug-likeness (QED) is 0.710. The highest BCUT2D eigenvalue weighted by Crippen LogP contribution is 2.25. The van der Waals surface area contributed by atoms with Crippen molar-refractivity contribution in [2.75, 3.05) is 33.9 Å². The van der Waals surface area contributed by atoms with Crippen molar-refractivity contribution in [2.45, 2.75) is 51.2 Å². The second kappa shape index (κ2) is 10.4. The maximum absolute atomic E-state index is 5.59. The first-order chi connectivity index (χ1) is 14.7. The number of hydrogen-bond donors (Lipinski definition) is 1. The van der Waals surface area contributed by atoms with Crippen molar-refractivity contribution in [3.05, 3.63) is 64.7 Å². The van der Waals surface area contributed by atoms with Crippen molar-refractivity contribution < 1.29 is 9.47 Å². The topological polar surface area (TPSA) is 33.7 Å². The molecule has 1 heterocycles. The van der Waals surface area contributed by atoms with Crippen LogP contribution in [-0.2, 0) is 30.7 Å². The molecule has 4 nitrogen and oxygen atoms in total. The molecule has 0 saturated carbocycles. The smallest absolute Gasteiger partial charge is 0.118 e. The average molecular weight is 409 g/mol. The molecule has 4 heteroatoms. The monoisotopic (exact) mass is 408 g/mol. The SMILES string of the molecule is CNC1CCc2cc(CN(Cc3ccc(OC)cc3)CC3CCOCC3)ccc2C1. The number of rotatable bonds is 8. The molecule has 2 aromatic rings. The molecule has 2 aromatic carbocycles. The van der Waals surface area contributed by atoms with E-state index in [1.54, 1.807) is 12.7 Å². The lowest BCUT2D eigenvalue weighted by Crippen LogP contribution is -2.32. The van der Waals surface area contributed by atoms with Crippen LogP contribution >= 0.6 is 0 Å². The molecule has 162 valence electrons. The van der Waals surface area contributed by atoms with E-state index in [4.69, 9.17) is 9.47 Å². The van der Waals surface area contributed by atoms with E-state index < -0.39 is 0 Å².